The van der Waals surface area contributed by atoms with Gasteiger partial charge in [0.2, 0.25) is 0 Å². The average Bonchev–Trinajstić information content (AvgIpc) is 1.78. The highest BCUT2D eigenvalue weighted by atomic mass is 28.4. The first-order valence-corrected chi connectivity index (χ1v) is 8.79. The molecule has 0 spiro atoms. The summed E-state index contributed by atoms with van der Waals surface area (Å²) in [5.41, 5.74) is 0. The lowest BCUT2D eigenvalue weighted by Gasteiger charge is -2.16. The van der Waals surface area contributed by atoms with E-state index in [1.165, 1.54) is 0 Å². The van der Waals surface area contributed by atoms with Crippen LogP contribution in [0.25, 0.3) is 0 Å². The van der Waals surface area contributed by atoms with Gasteiger partial charge < -0.3 is 9.22 Å². The van der Waals surface area contributed by atoms with Gasteiger partial charge in [0.1, 0.15) is 9.76 Å². The summed E-state index contributed by atoms with van der Waals surface area (Å²) in [7, 11) is -1.53. The van der Waals surface area contributed by atoms with Crippen LogP contribution in [0, 0.1) is 0 Å². The molecule has 1 N–H and O–H groups in total. The summed E-state index contributed by atoms with van der Waals surface area (Å²) in [6.45, 7) is 6.94. The van der Waals surface area contributed by atoms with Crippen molar-refractivity contribution in [3.05, 3.63) is 0 Å². The first kappa shape index (κ1) is 10.4. The second kappa shape index (κ2) is 5.06. The van der Waals surface area contributed by atoms with Crippen LogP contribution in [0.5, 0.6) is 0 Å². The summed E-state index contributed by atoms with van der Waals surface area (Å²) in [5.74, 6) is 0. The fourth-order valence-electron chi connectivity index (χ4n) is 0.592. The Bertz CT molecular complexity index is 80.3. The largest absolute Gasteiger partial charge is 0.461 e. The van der Waals surface area contributed by atoms with Gasteiger partial charge in [-0.25, -0.2) is 0 Å². The number of rotatable bonds is 5. The number of aliphatic hydroxyl groups excluding tert-OH is 1. The highest BCUT2D eigenvalue weighted by molar-refractivity contribution is 6.73. The molecule has 0 saturated heterocycles. The van der Waals surface area contributed by atoms with Crippen LogP contribution in [-0.2, 0) is 4.12 Å². The van der Waals surface area contributed by atoms with Gasteiger partial charge in [0.05, 0.1) is 0 Å². The van der Waals surface area contributed by atoms with Crippen molar-refractivity contribution in [2.24, 2.45) is 0 Å². The fraction of sp³-hybridized carbons (Fsp3) is 1.00. The summed E-state index contributed by atoms with van der Waals surface area (Å²) >= 11 is 0. The first-order valence-electron chi connectivity index (χ1n) is 3.81. The smallest absolute Gasteiger partial charge is 0.169 e. The third-order valence-electron chi connectivity index (χ3n) is 1.09. The molecule has 0 aromatic carbocycles. The lowest BCUT2D eigenvalue weighted by molar-refractivity contribution is 0.294. The van der Waals surface area contributed by atoms with Crippen molar-refractivity contribution in [2.45, 2.75) is 32.1 Å². The van der Waals surface area contributed by atoms with Gasteiger partial charge >= 0.3 is 0 Å². The summed E-state index contributed by atoms with van der Waals surface area (Å²) in [4.78, 5) is 0. The van der Waals surface area contributed by atoms with Gasteiger partial charge in [-0.15, -0.1) is 0 Å². The van der Waals surface area contributed by atoms with Crippen molar-refractivity contribution in [1.82, 2.24) is 0 Å². The molecule has 2 nitrogen and oxygen atoms in total. The van der Waals surface area contributed by atoms with Crippen molar-refractivity contribution in [3.8, 4) is 0 Å². The molecular weight excluding hydrogens is 160 g/mol. The number of aliphatic hydroxyl groups is 1. The average molecular weight is 178 g/mol. The topological polar surface area (TPSA) is 29.5 Å². The first-order chi connectivity index (χ1) is 4.56. The molecule has 0 heterocycles. The highest BCUT2D eigenvalue weighted by Crippen LogP contribution is 2.02. The van der Waals surface area contributed by atoms with Crippen molar-refractivity contribution >= 4 is 18.1 Å². The van der Waals surface area contributed by atoms with Crippen LogP contribution in [0.3, 0.4) is 0 Å². The van der Waals surface area contributed by atoms with Crippen LogP contribution in [0.1, 0.15) is 6.42 Å². The molecule has 0 fully saturated rings. The molecule has 62 valence electrons. The van der Waals surface area contributed by atoms with E-state index in [-0.39, 0.29) is 9.76 Å². The van der Waals surface area contributed by atoms with Crippen LogP contribution in [0.2, 0.25) is 25.7 Å². The predicted molar refractivity (Wildman–Crippen MR) is 49.5 cm³/mol. The van der Waals surface area contributed by atoms with E-state index < -0.39 is 8.32 Å². The molecule has 10 heavy (non-hydrogen) atoms. The lowest BCUT2D eigenvalue weighted by Crippen LogP contribution is -2.27. The maximum atomic E-state index is 8.47. The minimum Gasteiger partial charge on any atom is -0.461 e. The SMILES string of the molecule is C[Si](C)(C)O[SiH2]CCCO. The second-order valence-electron chi connectivity index (χ2n) is 3.39. The molecule has 0 bridgehead atoms. The molecule has 0 aromatic rings. The van der Waals surface area contributed by atoms with E-state index >= 15 is 0 Å². The Morgan fingerprint density at radius 2 is 2.00 bits per heavy atom. The third-order valence-corrected chi connectivity index (χ3v) is 6.16. The Hall–Kier alpha value is 0.354. The quantitative estimate of drug-likeness (QED) is 0.497. The van der Waals surface area contributed by atoms with E-state index in [2.05, 4.69) is 19.6 Å². The highest BCUT2D eigenvalue weighted by Gasteiger charge is 2.12. The summed E-state index contributed by atoms with van der Waals surface area (Å²) < 4.78 is 5.70. The van der Waals surface area contributed by atoms with Crippen LogP contribution in [0.15, 0.2) is 0 Å². The van der Waals surface area contributed by atoms with E-state index in [4.69, 9.17) is 9.22 Å². The maximum absolute atomic E-state index is 8.47. The molecule has 0 aliphatic rings. The van der Waals surface area contributed by atoms with Crippen molar-refractivity contribution in [1.29, 1.82) is 0 Å². The van der Waals surface area contributed by atoms with E-state index in [0.717, 1.165) is 12.5 Å². The van der Waals surface area contributed by atoms with E-state index in [0.29, 0.717) is 6.61 Å². The Morgan fingerprint density at radius 1 is 1.40 bits per heavy atom. The predicted octanol–water partition coefficient (Wildman–Crippen LogP) is 0.722. The van der Waals surface area contributed by atoms with E-state index in [9.17, 15) is 0 Å². The van der Waals surface area contributed by atoms with Gasteiger partial charge in [0.25, 0.3) is 0 Å². The fourth-order valence-corrected chi connectivity index (χ4v) is 4.05. The summed E-state index contributed by atoms with van der Waals surface area (Å²) in [6.07, 6.45) is 0.927. The molecule has 0 rings (SSSR count). The molecule has 0 atom stereocenters. The van der Waals surface area contributed by atoms with E-state index in [1.807, 2.05) is 0 Å². The van der Waals surface area contributed by atoms with Crippen molar-refractivity contribution in [2.75, 3.05) is 6.61 Å². The molecular formula is C6H18O2Si2. The van der Waals surface area contributed by atoms with Crippen LogP contribution < -0.4 is 0 Å². The third kappa shape index (κ3) is 8.35. The van der Waals surface area contributed by atoms with Gasteiger partial charge in [-0.1, -0.05) is 0 Å². The Labute approximate surface area is 66.7 Å². The summed E-state index contributed by atoms with van der Waals surface area (Å²) in [6, 6.07) is 1.13. The molecule has 0 saturated carbocycles. The normalized spacial score (nSPS) is 13.2. The standard InChI is InChI=1S/C6H18O2Si2/c1-10(2,3)8-9-6-4-5-7/h7H,4-6,9H2,1-3H3. The molecule has 0 aliphatic carbocycles. The Morgan fingerprint density at radius 3 is 2.40 bits per heavy atom. The Kier molecular flexibility index (Phi) is 5.24. The van der Waals surface area contributed by atoms with Gasteiger partial charge in [-0.3, -0.25) is 0 Å². The molecule has 0 unspecified atom stereocenters. The lowest BCUT2D eigenvalue weighted by atomic mass is 10.5. The van der Waals surface area contributed by atoms with Crippen molar-refractivity contribution < 1.29 is 9.22 Å². The molecule has 0 radical (unpaired) electrons. The van der Waals surface area contributed by atoms with Crippen LogP contribution >= 0.6 is 0 Å². The molecule has 0 amide bonds. The molecule has 4 heteroatoms. The van der Waals surface area contributed by atoms with Gasteiger partial charge in [0, 0.05) is 6.61 Å². The van der Waals surface area contributed by atoms with E-state index in [1.54, 1.807) is 0 Å². The van der Waals surface area contributed by atoms with Crippen molar-refractivity contribution in [3.63, 3.8) is 0 Å². The van der Waals surface area contributed by atoms with Gasteiger partial charge in [0.15, 0.2) is 8.32 Å². The zero-order valence-electron chi connectivity index (χ0n) is 7.18. The number of hydrogen-bond acceptors (Lipinski definition) is 2. The minimum absolute atomic E-state index is 0.302. The summed E-state index contributed by atoms with van der Waals surface area (Å²) in [5, 5.41) is 8.47. The molecule has 0 aliphatic heterocycles. The van der Waals surface area contributed by atoms with Crippen LogP contribution in [-0.4, -0.2) is 29.8 Å². The molecule has 0 aromatic heterocycles. The van der Waals surface area contributed by atoms with Gasteiger partial charge in [-0.2, -0.15) is 0 Å². The maximum Gasteiger partial charge on any atom is 0.169 e. The minimum atomic E-state index is -1.23. The Balaban J connectivity index is 3.04. The monoisotopic (exact) mass is 178 g/mol. The van der Waals surface area contributed by atoms with Gasteiger partial charge in [-0.05, 0) is 32.1 Å². The number of hydrogen-bond donors (Lipinski definition) is 1. The zero-order chi connectivity index (χ0) is 8.04. The van der Waals surface area contributed by atoms with Crippen LogP contribution in [0.4, 0.5) is 0 Å². The zero-order valence-corrected chi connectivity index (χ0v) is 9.60. The second-order valence-corrected chi connectivity index (χ2v) is 9.89.